The molecule has 7 heteroatoms. The normalized spacial score (nSPS) is 29.0. The number of aliphatic hydroxyl groups is 4. The quantitative estimate of drug-likeness (QED) is 0.432. The molecule has 1 aromatic carbocycles. The number of ether oxygens (including phenoxy) is 3. The van der Waals surface area contributed by atoms with Gasteiger partial charge in [0.2, 0.25) is 0 Å². The van der Waals surface area contributed by atoms with Crippen LogP contribution in [0.3, 0.4) is 0 Å². The molecule has 0 radical (unpaired) electrons. The highest BCUT2D eigenvalue weighted by Crippen LogP contribution is 2.25. The molecule has 0 aromatic heterocycles. The van der Waals surface area contributed by atoms with Gasteiger partial charge in [-0.1, -0.05) is 51.1 Å². The minimum Gasteiger partial charge on any atom is -0.394 e. The van der Waals surface area contributed by atoms with E-state index in [4.69, 9.17) is 14.2 Å². The largest absolute Gasteiger partial charge is 0.394 e. The van der Waals surface area contributed by atoms with Crippen LogP contribution in [0.1, 0.15) is 45.6 Å². The maximum Gasteiger partial charge on any atom is 0.189 e. The first-order valence-electron chi connectivity index (χ1n) is 10.3. The van der Waals surface area contributed by atoms with Crippen LogP contribution in [0.25, 0.3) is 0 Å². The summed E-state index contributed by atoms with van der Waals surface area (Å²) in [6.45, 7) is 6.36. The zero-order valence-corrected chi connectivity index (χ0v) is 17.6. The van der Waals surface area contributed by atoms with E-state index in [1.165, 1.54) is 5.56 Å². The fourth-order valence-corrected chi connectivity index (χ4v) is 3.13. The lowest BCUT2D eigenvalue weighted by atomic mass is 9.93. The van der Waals surface area contributed by atoms with Crippen molar-refractivity contribution in [1.82, 2.24) is 0 Å². The molecule has 0 spiro atoms. The van der Waals surface area contributed by atoms with Gasteiger partial charge in [0.15, 0.2) is 12.6 Å². The van der Waals surface area contributed by atoms with Gasteiger partial charge in [-0.3, -0.25) is 0 Å². The first-order chi connectivity index (χ1) is 13.7. The Bertz CT molecular complexity index is 572. The Morgan fingerprint density at radius 1 is 1.03 bits per heavy atom. The summed E-state index contributed by atoms with van der Waals surface area (Å²) in [6.07, 6.45) is -4.06. The lowest BCUT2D eigenvalue weighted by molar-refractivity contribution is -0.338. The van der Waals surface area contributed by atoms with Gasteiger partial charge >= 0.3 is 0 Å². The highest BCUT2D eigenvalue weighted by atomic mass is 16.8. The Hall–Kier alpha value is -1.06. The number of aryl methyl sites for hydroxylation is 1. The van der Waals surface area contributed by atoms with Crippen molar-refractivity contribution in [2.75, 3.05) is 13.2 Å². The van der Waals surface area contributed by atoms with Crippen molar-refractivity contribution >= 4 is 0 Å². The number of hydrogen-bond acceptors (Lipinski definition) is 7. The summed E-state index contributed by atoms with van der Waals surface area (Å²) < 4.78 is 17.2. The monoisotopic (exact) mass is 412 g/mol. The molecule has 29 heavy (non-hydrogen) atoms. The van der Waals surface area contributed by atoms with Gasteiger partial charge in [0, 0.05) is 0 Å². The van der Waals surface area contributed by atoms with Crippen LogP contribution in [0.15, 0.2) is 30.3 Å². The summed E-state index contributed by atoms with van der Waals surface area (Å²) >= 11 is 0. The van der Waals surface area contributed by atoms with Crippen LogP contribution >= 0.6 is 0 Å². The van der Waals surface area contributed by atoms with Crippen molar-refractivity contribution in [3.63, 3.8) is 0 Å². The van der Waals surface area contributed by atoms with Gasteiger partial charge in [-0.2, -0.15) is 0 Å². The second kappa shape index (κ2) is 11.4. The van der Waals surface area contributed by atoms with Crippen molar-refractivity contribution in [2.24, 2.45) is 5.41 Å². The van der Waals surface area contributed by atoms with Crippen LogP contribution in [-0.2, 0) is 20.6 Å². The van der Waals surface area contributed by atoms with Crippen molar-refractivity contribution in [2.45, 2.75) is 83.5 Å². The topological polar surface area (TPSA) is 109 Å². The molecule has 0 aliphatic carbocycles. The summed E-state index contributed by atoms with van der Waals surface area (Å²) in [5.41, 5.74) is 1.33. The van der Waals surface area contributed by atoms with Gasteiger partial charge in [0.1, 0.15) is 24.4 Å². The Kier molecular flexibility index (Phi) is 9.49. The van der Waals surface area contributed by atoms with E-state index in [2.05, 4.69) is 32.9 Å². The number of benzene rings is 1. The molecule has 1 unspecified atom stereocenters. The highest BCUT2D eigenvalue weighted by Gasteiger charge is 2.44. The fourth-order valence-electron chi connectivity index (χ4n) is 3.13. The van der Waals surface area contributed by atoms with Crippen molar-refractivity contribution in [1.29, 1.82) is 0 Å². The van der Waals surface area contributed by atoms with Crippen LogP contribution in [-0.4, -0.2) is 70.6 Å². The van der Waals surface area contributed by atoms with Gasteiger partial charge in [0.25, 0.3) is 0 Å². The Morgan fingerprint density at radius 2 is 1.72 bits per heavy atom. The van der Waals surface area contributed by atoms with E-state index in [-0.39, 0.29) is 5.41 Å². The Labute approximate surface area is 173 Å². The van der Waals surface area contributed by atoms with E-state index in [0.29, 0.717) is 13.0 Å². The van der Waals surface area contributed by atoms with Gasteiger partial charge in [-0.25, -0.2) is 0 Å². The highest BCUT2D eigenvalue weighted by molar-refractivity contribution is 5.14. The molecule has 1 aliphatic heterocycles. The minimum atomic E-state index is -1.47. The van der Waals surface area contributed by atoms with Crippen LogP contribution < -0.4 is 0 Å². The number of rotatable bonds is 10. The molecule has 1 aromatic rings. The second-order valence-electron chi connectivity index (χ2n) is 8.82. The molecule has 0 bridgehead atoms. The van der Waals surface area contributed by atoms with Crippen LogP contribution in [0.4, 0.5) is 0 Å². The third kappa shape index (κ3) is 7.94. The smallest absolute Gasteiger partial charge is 0.189 e. The molecule has 1 saturated heterocycles. The molecule has 166 valence electrons. The predicted molar refractivity (Wildman–Crippen MR) is 108 cm³/mol. The molecule has 1 fully saturated rings. The standard InChI is InChI=1S/C22H36O7/c1-22(2,3)12-13-27-17(11-7-10-15-8-5-4-6-9-15)29-21-20(26)19(25)18(24)16(14-23)28-21/h4-6,8-9,16-21,23-26H,7,10-14H2,1-3H3/t16-,17?,18-,19+,20-,21+/m0/s1. The lowest BCUT2D eigenvalue weighted by Crippen LogP contribution is -2.59. The van der Waals surface area contributed by atoms with Crippen LogP contribution in [0.2, 0.25) is 0 Å². The molecular formula is C22H36O7. The SMILES string of the molecule is CC(C)(C)CCOC(CCCc1ccccc1)O[C@H]1O[C@@H](CO)[C@H](O)[C@@H](O)[C@@H]1O. The summed E-state index contributed by atoms with van der Waals surface area (Å²) in [4.78, 5) is 0. The molecule has 0 saturated carbocycles. The number of aliphatic hydroxyl groups excluding tert-OH is 4. The number of hydrogen-bond donors (Lipinski definition) is 4. The third-order valence-corrected chi connectivity index (χ3v) is 5.04. The zero-order valence-electron chi connectivity index (χ0n) is 17.6. The molecule has 2 rings (SSSR count). The van der Waals surface area contributed by atoms with E-state index < -0.39 is 43.6 Å². The van der Waals surface area contributed by atoms with E-state index >= 15 is 0 Å². The molecule has 4 N–H and O–H groups in total. The van der Waals surface area contributed by atoms with E-state index in [1.54, 1.807) is 0 Å². The summed E-state index contributed by atoms with van der Waals surface area (Å²) in [5.74, 6) is 0. The van der Waals surface area contributed by atoms with Gasteiger partial charge in [-0.15, -0.1) is 0 Å². The molecule has 1 aliphatic rings. The van der Waals surface area contributed by atoms with E-state index in [9.17, 15) is 20.4 Å². The van der Waals surface area contributed by atoms with Gasteiger partial charge < -0.3 is 34.6 Å². The zero-order chi connectivity index (χ0) is 21.4. The first-order valence-corrected chi connectivity index (χ1v) is 10.3. The summed E-state index contributed by atoms with van der Waals surface area (Å²) in [5, 5.41) is 39.5. The Balaban J connectivity index is 1.95. The van der Waals surface area contributed by atoms with Crippen molar-refractivity contribution < 1.29 is 34.6 Å². The molecule has 7 nitrogen and oxygen atoms in total. The van der Waals surface area contributed by atoms with E-state index in [1.807, 2.05) is 18.2 Å². The maximum absolute atomic E-state index is 10.2. The van der Waals surface area contributed by atoms with E-state index in [0.717, 1.165) is 19.3 Å². The fraction of sp³-hybridized carbons (Fsp3) is 0.727. The average molecular weight is 413 g/mol. The Morgan fingerprint density at radius 3 is 2.34 bits per heavy atom. The molecule has 6 atom stereocenters. The summed E-state index contributed by atoms with van der Waals surface area (Å²) in [7, 11) is 0. The average Bonchev–Trinajstić information content (AvgIpc) is 2.68. The predicted octanol–water partition coefficient (Wildman–Crippen LogP) is 1.60. The van der Waals surface area contributed by atoms with Crippen LogP contribution in [0.5, 0.6) is 0 Å². The molecule has 1 heterocycles. The second-order valence-corrected chi connectivity index (χ2v) is 8.82. The third-order valence-electron chi connectivity index (χ3n) is 5.04. The van der Waals surface area contributed by atoms with Crippen molar-refractivity contribution in [3.05, 3.63) is 35.9 Å². The van der Waals surface area contributed by atoms with Crippen LogP contribution in [0, 0.1) is 5.41 Å². The minimum absolute atomic E-state index is 0.109. The van der Waals surface area contributed by atoms with Gasteiger partial charge in [-0.05, 0) is 36.7 Å². The maximum atomic E-state index is 10.2. The summed E-state index contributed by atoms with van der Waals surface area (Å²) in [6, 6.07) is 10.1. The molecular weight excluding hydrogens is 376 g/mol. The molecule has 0 amide bonds. The lowest BCUT2D eigenvalue weighted by Gasteiger charge is -2.40. The van der Waals surface area contributed by atoms with Crippen molar-refractivity contribution in [3.8, 4) is 0 Å². The van der Waals surface area contributed by atoms with Gasteiger partial charge in [0.05, 0.1) is 13.2 Å². The first kappa shape index (κ1) is 24.2.